The second-order valence-electron chi connectivity index (χ2n) is 3.66. The van der Waals surface area contributed by atoms with Crippen molar-refractivity contribution in [2.24, 2.45) is 0 Å². The SMILES string of the molecule is C=C/C=C\C(=C/C)Cc1ccc(C(=O)OC)cn1.CC. The maximum Gasteiger partial charge on any atom is 0.339 e. The lowest BCUT2D eigenvalue weighted by Crippen LogP contribution is -2.02. The van der Waals surface area contributed by atoms with Crippen molar-refractivity contribution in [2.75, 3.05) is 7.11 Å². The lowest BCUT2D eigenvalue weighted by atomic mass is 10.1. The molecule has 0 amide bonds. The number of rotatable bonds is 5. The van der Waals surface area contributed by atoms with Gasteiger partial charge in [-0.25, -0.2) is 4.79 Å². The van der Waals surface area contributed by atoms with E-state index in [1.54, 1.807) is 12.1 Å². The number of hydrogen-bond acceptors (Lipinski definition) is 3. The monoisotopic (exact) mass is 273 g/mol. The number of allylic oxidation sites excluding steroid dienone is 5. The summed E-state index contributed by atoms with van der Waals surface area (Å²) in [4.78, 5) is 15.5. The van der Waals surface area contributed by atoms with Crippen molar-refractivity contribution in [3.8, 4) is 0 Å². The first-order chi connectivity index (χ1) is 9.71. The van der Waals surface area contributed by atoms with Crippen molar-refractivity contribution in [1.29, 1.82) is 0 Å². The highest BCUT2D eigenvalue weighted by molar-refractivity contribution is 5.88. The standard InChI is InChI=1S/C15H17NO2.C2H6/c1-4-6-7-12(5-2)10-14-9-8-13(11-16-14)15(17)18-3;1-2/h4-9,11H,1,10H2,2-3H3;1-2H3/b7-6-,12-5+;. The van der Waals surface area contributed by atoms with E-state index in [1.807, 2.05) is 45.1 Å². The fraction of sp³-hybridized carbons (Fsp3) is 0.294. The first-order valence-corrected chi connectivity index (χ1v) is 6.68. The van der Waals surface area contributed by atoms with Crippen molar-refractivity contribution < 1.29 is 9.53 Å². The van der Waals surface area contributed by atoms with Crippen LogP contribution in [0.2, 0.25) is 0 Å². The number of carbonyl (C=O) groups is 1. The zero-order valence-corrected chi connectivity index (χ0v) is 12.7. The van der Waals surface area contributed by atoms with E-state index in [-0.39, 0.29) is 5.97 Å². The van der Waals surface area contributed by atoms with Crippen LogP contribution in [0.4, 0.5) is 0 Å². The molecule has 0 aliphatic heterocycles. The molecule has 0 fully saturated rings. The maximum absolute atomic E-state index is 11.2. The average Bonchev–Trinajstić information content (AvgIpc) is 2.53. The minimum absolute atomic E-state index is 0.369. The summed E-state index contributed by atoms with van der Waals surface area (Å²) in [6, 6.07) is 3.55. The molecule has 20 heavy (non-hydrogen) atoms. The van der Waals surface area contributed by atoms with Crippen LogP contribution in [-0.4, -0.2) is 18.1 Å². The molecule has 1 heterocycles. The Morgan fingerprint density at radius 3 is 2.55 bits per heavy atom. The van der Waals surface area contributed by atoms with Gasteiger partial charge in [0.1, 0.15) is 0 Å². The molecule has 0 N–H and O–H groups in total. The van der Waals surface area contributed by atoms with Crippen LogP contribution in [0.3, 0.4) is 0 Å². The molecule has 1 rings (SSSR count). The van der Waals surface area contributed by atoms with E-state index in [2.05, 4.69) is 16.3 Å². The van der Waals surface area contributed by atoms with Gasteiger partial charge in [-0.2, -0.15) is 0 Å². The maximum atomic E-state index is 11.2. The Bertz CT molecular complexity index is 470. The van der Waals surface area contributed by atoms with Gasteiger partial charge in [0.2, 0.25) is 0 Å². The first-order valence-electron chi connectivity index (χ1n) is 6.68. The largest absolute Gasteiger partial charge is 0.465 e. The van der Waals surface area contributed by atoms with E-state index in [4.69, 9.17) is 0 Å². The van der Waals surface area contributed by atoms with Gasteiger partial charge in [-0.05, 0) is 24.6 Å². The number of esters is 1. The van der Waals surface area contributed by atoms with Crippen LogP contribution in [0.5, 0.6) is 0 Å². The van der Waals surface area contributed by atoms with Gasteiger partial charge in [0.05, 0.1) is 12.7 Å². The van der Waals surface area contributed by atoms with E-state index < -0.39 is 0 Å². The third-order valence-corrected chi connectivity index (χ3v) is 2.45. The fourth-order valence-corrected chi connectivity index (χ4v) is 1.43. The minimum Gasteiger partial charge on any atom is -0.465 e. The number of aromatic nitrogens is 1. The highest BCUT2D eigenvalue weighted by Crippen LogP contribution is 2.09. The van der Waals surface area contributed by atoms with E-state index in [0.29, 0.717) is 5.56 Å². The Morgan fingerprint density at radius 1 is 1.40 bits per heavy atom. The Morgan fingerprint density at radius 2 is 2.10 bits per heavy atom. The quantitative estimate of drug-likeness (QED) is 0.598. The normalized spacial score (nSPS) is 10.7. The van der Waals surface area contributed by atoms with Gasteiger partial charge in [-0.15, -0.1) is 0 Å². The molecular weight excluding hydrogens is 250 g/mol. The minimum atomic E-state index is -0.369. The number of nitrogens with zero attached hydrogens (tertiary/aromatic N) is 1. The molecule has 0 atom stereocenters. The van der Waals surface area contributed by atoms with E-state index >= 15 is 0 Å². The molecule has 0 saturated heterocycles. The summed E-state index contributed by atoms with van der Waals surface area (Å²) in [5, 5.41) is 0. The predicted octanol–water partition coefficient (Wildman–Crippen LogP) is 4.13. The summed E-state index contributed by atoms with van der Waals surface area (Å²) in [6.07, 6.45) is 9.89. The van der Waals surface area contributed by atoms with Gasteiger partial charge in [0.15, 0.2) is 0 Å². The van der Waals surface area contributed by atoms with Gasteiger partial charge >= 0.3 is 5.97 Å². The van der Waals surface area contributed by atoms with Crippen LogP contribution in [0.1, 0.15) is 36.8 Å². The topological polar surface area (TPSA) is 39.2 Å². The van der Waals surface area contributed by atoms with Crippen LogP contribution >= 0.6 is 0 Å². The van der Waals surface area contributed by atoms with Gasteiger partial charge < -0.3 is 4.74 Å². The fourth-order valence-electron chi connectivity index (χ4n) is 1.43. The van der Waals surface area contributed by atoms with Crippen molar-refractivity contribution in [2.45, 2.75) is 27.2 Å². The number of hydrogen-bond donors (Lipinski definition) is 0. The molecule has 0 saturated carbocycles. The van der Waals surface area contributed by atoms with Crippen molar-refractivity contribution in [3.05, 3.63) is 66.0 Å². The van der Waals surface area contributed by atoms with Gasteiger partial charge in [0.25, 0.3) is 0 Å². The van der Waals surface area contributed by atoms with Gasteiger partial charge in [-0.3, -0.25) is 4.98 Å². The third-order valence-electron chi connectivity index (χ3n) is 2.45. The zero-order valence-electron chi connectivity index (χ0n) is 12.7. The molecule has 0 unspecified atom stereocenters. The third kappa shape index (κ3) is 6.14. The smallest absolute Gasteiger partial charge is 0.339 e. The number of methoxy groups -OCH3 is 1. The molecule has 3 nitrogen and oxygen atoms in total. The van der Waals surface area contributed by atoms with E-state index in [0.717, 1.165) is 17.7 Å². The van der Waals surface area contributed by atoms with Gasteiger partial charge in [-0.1, -0.05) is 44.7 Å². The second kappa shape index (κ2) is 10.7. The molecule has 0 spiro atoms. The van der Waals surface area contributed by atoms with Crippen LogP contribution in [-0.2, 0) is 11.2 Å². The summed E-state index contributed by atoms with van der Waals surface area (Å²) in [5.41, 5.74) is 2.52. The zero-order chi connectivity index (χ0) is 15.4. The molecule has 0 aliphatic rings. The van der Waals surface area contributed by atoms with Crippen molar-refractivity contribution in [1.82, 2.24) is 4.98 Å². The molecule has 108 valence electrons. The summed E-state index contributed by atoms with van der Waals surface area (Å²) in [7, 11) is 1.36. The number of ether oxygens (including phenoxy) is 1. The summed E-state index contributed by atoms with van der Waals surface area (Å²) < 4.78 is 4.62. The van der Waals surface area contributed by atoms with Crippen LogP contribution in [0.25, 0.3) is 0 Å². The average molecular weight is 273 g/mol. The molecule has 0 aromatic carbocycles. The first kappa shape index (κ1) is 17.8. The Hall–Kier alpha value is -2.16. The van der Waals surface area contributed by atoms with Crippen molar-refractivity contribution >= 4 is 5.97 Å². The highest BCUT2D eigenvalue weighted by atomic mass is 16.5. The Kier molecular flexibility index (Phi) is 9.57. The van der Waals surface area contributed by atoms with Crippen LogP contribution in [0.15, 0.2) is 54.8 Å². The number of pyridine rings is 1. The number of carbonyl (C=O) groups excluding carboxylic acids is 1. The van der Waals surface area contributed by atoms with Crippen molar-refractivity contribution in [3.63, 3.8) is 0 Å². The summed E-state index contributed by atoms with van der Waals surface area (Å²) >= 11 is 0. The second-order valence-corrected chi connectivity index (χ2v) is 3.66. The highest BCUT2D eigenvalue weighted by Gasteiger charge is 2.05. The molecule has 0 radical (unpaired) electrons. The molecule has 0 bridgehead atoms. The molecule has 1 aromatic rings. The summed E-state index contributed by atoms with van der Waals surface area (Å²) in [5.74, 6) is -0.369. The summed E-state index contributed by atoms with van der Waals surface area (Å²) in [6.45, 7) is 9.61. The van der Waals surface area contributed by atoms with E-state index in [1.165, 1.54) is 13.3 Å². The van der Waals surface area contributed by atoms with Crippen LogP contribution in [0, 0.1) is 0 Å². The Balaban J connectivity index is 0.00000172. The lowest BCUT2D eigenvalue weighted by molar-refractivity contribution is 0.0600. The molecular formula is C17H23NO2. The molecule has 1 aromatic heterocycles. The lowest BCUT2D eigenvalue weighted by Gasteiger charge is -2.03. The predicted molar refractivity (Wildman–Crippen MR) is 83.7 cm³/mol. The van der Waals surface area contributed by atoms with Gasteiger partial charge in [0, 0.05) is 18.3 Å². The molecule has 3 heteroatoms. The molecule has 0 aliphatic carbocycles. The van der Waals surface area contributed by atoms with Crippen LogP contribution < -0.4 is 0 Å². The Labute approximate surface area is 121 Å². The van der Waals surface area contributed by atoms with E-state index in [9.17, 15) is 4.79 Å².